The van der Waals surface area contributed by atoms with Gasteiger partial charge in [0.25, 0.3) is 5.91 Å². The third-order valence-electron chi connectivity index (χ3n) is 2.45. The van der Waals surface area contributed by atoms with Crippen molar-refractivity contribution in [3.8, 4) is 0 Å². The first-order chi connectivity index (χ1) is 9.93. The summed E-state index contributed by atoms with van der Waals surface area (Å²) in [5, 5.41) is 13.8. The van der Waals surface area contributed by atoms with E-state index in [0.717, 1.165) is 6.08 Å². The molecule has 0 aliphatic rings. The number of carboxylic acid groups (broad SMARTS) is 1. The van der Waals surface area contributed by atoms with Crippen molar-refractivity contribution < 1.29 is 19.5 Å². The molecule has 0 spiro atoms. The molecule has 112 valence electrons. The molecule has 0 fully saturated rings. The van der Waals surface area contributed by atoms with Gasteiger partial charge in [0, 0.05) is 23.2 Å². The molecule has 3 N–H and O–H groups in total. The number of benzene rings is 1. The molecule has 0 saturated heterocycles. The molecule has 0 saturated carbocycles. The molecule has 21 heavy (non-hydrogen) atoms. The van der Waals surface area contributed by atoms with Crippen molar-refractivity contribution in [2.75, 3.05) is 13.1 Å². The predicted molar refractivity (Wildman–Crippen MR) is 79.1 cm³/mol. The van der Waals surface area contributed by atoms with E-state index >= 15 is 0 Å². The molecule has 1 rings (SSSR count). The number of hydrogen-bond donors (Lipinski definition) is 3. The first-order valence-electron chi connectivity index (χ1n) is 6.19. The fraction of sp³-hybridized carbons (Fsp3) is 0.214. The summed E-state index contributed by atoms with van der Waals surface area (Å²) in [5.74, 6) is -1.80. The molecule has 7 heteroatoms. The van der Waals surface area contributed by atoms with E-state index in [4.69, 9.17) is 16.7 Å². The fourth-order valence-corrected chi connectivity index (χ4v) is 1.73. The zero-order valence-electron chi connectivity index (χ0n) is 11.4. The van der Waals surface area contributed by atoms with E-state index in [2.05, 4.69) is 10.6 Å². The fourth-order valence-electron chi connectivity index (χ4n) is 1.49. The Labute approximate surface area is 126 Å². The van der Waals surface area contributed by atoms with Crippen LogP contribution in [-0.2, 0) is 9.59 Å². The van der Waals surface area contributed by atoms with Gasteiger partial charge < -0.3 is 15.7 Å². The Morgan fingerprint density at radius 2 is 2.00 bits per heavy atom. The minimum atomic E-state index is -1.09. The smallest absolute Gasteiger partial charge is 0.328 e. The lowest BCUT2D eigenvalue weighted by Crippen LogP contribution is -2.36. The molecule has 0 atom stereocenters. The lowest BCUT2D eigenvalue weighted by Gasteiger charge is -2.06. The highest BCUT2D eigenvalue weighted by Crippen LogP contribution is 2.19. The van der Waals surface area contributed by atoms with Crippen LogP contribution in [0.4, 0.5) is 0 Å². The number of carboxylic acids is 1. The highest BCUT2D eigenvalue weighted by Gasteiger charge is 2.09. The summed E-state index contributed by atoms with van der Waals surface area (Å²) in [7, 11) is 0. The Hall–Kier alpha value is -2.34. The largest absolute Gasteiger partial charge is 0.478 e. The minimum Gasteiger partial charge on any atom is -0.478 e. The first-order valence-corrected chi connectivity index (χ1v) is 6.57. The minimum absolute atomic E-state index is 0.120. The van der Waals surface area contributed by atoms with E-state index in [-0.39, 0.29) is 23.0 Å². The van der Waals surface area contributed by atoms with Crippen molar-refractivity contribution in [2.45, 2.75) is 6.92 Å². The van der Waals surface area contributed by atoms with Crippen LogP contribution in [0, 0.1) is 0 Å². The highest BCUT2D eigenvalue weighted by atomic mass is 35.5. The zero-order chi connectivity index (χ0) is 15.8. The number of hydrogen-bond acceptors (Lipinski definition) is 3. The number of amides is 2. The maximum atomic E-state index is 11.8. The Morgan fingerprint density at radius 3 is 2.57 bits per heavy atom. The lowest BCUT2D eigenvalue weighted by molar-refractivity contribution is -0.131. The molecule has 1 aromatic carbocycles. The second-order valence-electron chi connectivity index (χ2n) is 4.04. The van der Waals surface area contributed by atoms with Gasteiger partial charge in [0.05, 0.1) is 6.54 Å². The Kier molecular flexibility index (Phi) is 6.42. The Balaban J connectivity index is 2.72. The van der Waals surface area contributed by atoms with Crippen molar-refractivity contribution in [1.29, 1.82) is 0 Å². The number of carbonyl (C=O) groups excluding carboxylic acids is 2. The molecule has 6 nitrogen and oxygen atoms in total. The molecule has 0 aliphatic carbocycles. The van der Waals surface area contributed by atoms with Crippen LogP contribution in [0.2, 0.25) is 5.02 Å². The van der Waals surface area contributed by atoms with Gasteiger partial charge in [-0.1, -0.05) is 17.7 Å². The normalized spacial score (nSPS) is 10.4. The van der Waals surface area contributed by atoms with Gasteiger partial charge in [-0.25, -0.2) is 4.79 Å². The van der Waals surface area contributed by atoms with Crippen molar-refractivity contribution >= 4 is 35.5 Å². The number of likely N-dealkylation sites (N-methyl/N-ethyl adjacent to an activating group) is 1. The van der Waals surface area contributed by atoms with Crippen LogP contribution in [0.3, 0.4) is 0 Å². The van der Waals surface area contributed by atoms with Crippen molar-refractivity contribution in [3.63, 3.8) is 0 Å². The monoisotopic (exact) mass is 310 g/mol. The Morgan fingerprint density at radius 1 is 1.29 bits per heavy atom. The molecule has 1 aromatic rings. The molecule has 0 bridgehead atoms. The molecular weight excluding hydrogens is 296 g/mol. The molecule has 0 aromatic heterocycles. The second kappa shape index (κ2) is 8.06. The summed E-state index contributed by atoms with van der Waals surface area (Å²) < 4.78 is 0. The number of halogens is 1. The van der Waals surface area contributed by atoms with Crippen LogP contribution in [0.1, 0.15) is 22.8 Å². The van der Waals surface area contributed by atoms with E-state index in [1.807, 2.05) is 0 Å². The number of aliphatic carboxylic acids is 1. The molecule has 0 radical (unpaired) electrons. The maximum Gasteiger partial charge on any atom is 0.328 e. The third kappa shape index (κ3) is 5.66. The van der Waals surface area contributed by atoms with Gasteiger partial charge in [-0.3, -0.25) is 9.59 Å². The van der Waals surface area contributed by atoms with Gasteiger partial charge in [0.15, 0.2) is 0 Å². The van der Waals surface area contributed by atoms with Gasteiger partial charge in [-0.15, -0.1) is 0 Å². The van der Waals surface area contributed by atoms with Crippen molar-refractivity contribution in [2.24, 2.45) is 0 Å². The summed E-state index contributed by atoms with van der Waals surface area (Å²) in [6.45, 7) is 2.15. The topological polar surface area (TPSA) is 95.5 Å². The van der Waals surface area contributed by atoms with E-state index in [0.29, 0.717) is 12.1 Å². The van der Waals surface area contributed by atoms with Crippen LogP contribution in [0.15, 0.2) is 24.3 Å². The zero-order valence-corrected chi connectivity index (χ0v) is 12.1. The van der Waals surface area contributed by atoms with Crippen LogP contribution in [0.25, 0.3) is 6.08 Å². The van der Waals surface area contributed by atoms with Crippen molar-refractivity contribution in [3.05, 3.63) is 40.4 Å². The van der Waals surface area contributed by atoms with Gasteiger partial charge in [-0.2, -0.15) is 0 Å². The van der Waals surface area contributed by atoms with Crippen LogP contribution < -0.4 is 10.6 Å². The molecule has 0 aliphatic heterocycles. The average molecular weight is 311 g/mol. The van der Waals surface area contributed by atoms with Crippen molar-refractivity contribution in [1.82, 2.24) is 10.6 Å². The van der Waals surface area contributed by atoms with Crippen LogP contribution >= 0.6 is 11.6 Å². The average Bonchev–Trinajstić information content (AvgIpc) is 2.43. The van der Waals surface area contributed by atoms with E-state index in [1.165, 1.54) is 24.3 Å². The van der Waals surface area contributed by atoms with Gasteiger partial charge in [0.1, 0.15) is 0 Å². The number of rotatable bonds is 6. The third-order valence-corrected chi connectivity index (χ3v) is 2.78. The predicted octanol–water partition coefficient (Wildman–Crippen LogP) is 1.30. The number of nitrogens with one attached hydrogen (secondary N) is 2. The second-order valence-corrected chi connectivity index (χ2v) is 4.45. The Bertz CT molecular complexity index is 584. The quantitative estimate of drug-likeness (QED) is 0.690. The van der Waals surface area contributed by atoms with E-state index < -0.39 is 11.9 Å². The SMILES string of the molecule is CCNC(=O)CNC(=O)c1ccc(/C=C/C(=O)O)c(Cl)c1. The van der Waals surface area contributed by atoms with E-state index in [1.54, 1.807) is 6.92 Å². The van der Waals surface area contributed by atoms with Crippen LogP contribution in [0.5, 0.6) is 0 Å². The standard InChI is InChI=1S/C14H15ClN2O4/c1-2-16-12(18)8-17-14(21)10-4-3-9(11(15)7-10)5-6-13(19)20/h3-7H,2,8H2,1H3,(H,16,18)(H,17,21)(H,19,20)/b6-5+. The summed E-state index contributed by atoms with van der Waals surface area (Å²) >= 11 is 5.97. The van der Waals surface area contributed by atoms with E-state index in [9.17, 15) is 14.4 Å². The molecule has 2 amide bonds. The van der Waals surface area contributed by atoms with Gasteiger partial charge in [0.2, 0.25) is 5.91 Å². The summed E-state index contributed by atoms with van der Waals surface area (Å²) in [5.41, 5.74) is 0.774. The molecule has 0 heterocycles. The summed E-state index contributed by atoms with van der Waals surface area (Å²) in [6.07, 6.45) is 2.29. The summed E-state index contributed by atoms with van der Waals surface area (Å²) in [6, 6.07) is 4.44. The van der Waals surface area contributed by atoms with Gasteiger partial charge >= 0.3 is 5.97 Å². The van der Waals surface area contributed by atoms with Crippen LogP contribution in [-0.4, -0.2) is 36.0 Å². The lowest BCUT2D eigenvalue weighted by atomic mass is 10.1. The van der Waals surface area contributed by atoms with Gasteiger partial charge in [-0.05, 0) is 30.7 Å². The first kappa shape index (κ1) is 16.7. The molecular formula is C14H15ClN2O4. The highest BCUT2D eigenvalue weighted by molar-refractivity contribution is 6.32. The number of carbonyl (C=O) groups is 3. The summed E-state index contributed by atoms with van der Waals surface area (Å²) in [4.78, 5) is 33.5. The molecule has 0 unspecified atom stereocenters. The maximum absolute atomic E-state index is 11.8.